The second-order valence-corrected chi connectivity index (χ2v) is 4.50. The quantitative estimate of drug-likeness (QED) is 0.754. The highest BCUT2D eigenvalue weighted by Crippen LogP contribution is 2.12. The van der Waals surface area contributed by atoms with E-state index >= 15 is 0 Å². The molecule has 1 aromatic carbocycles. The summed E-state index contributed by atoms with van der Waals surface area (Å²) >= 11 is 0. The molecule has 3 N–H and O–H groups in total. The number of rotatable bonds is 5. The van der Waals surface area contributed by atoms with Gasteiger partial charge in [0.25, 0.3) is 0 Å². The van der Waals surface area contributed by atoms with E-state index in [0.29, 0.717) is 18.9 Å². The molecule has 0 atom stereocenters. The fourth-order valence-electron chi connectivity index (χ4n) is 1.73. The van der Waals surface area contributed by atoms with Gasteiger partial charge in [-0.25, -0.2) is 4.98 Å². The zero-order valence-electron chi connectivity index (χ0n) is 10.7. The Morgan fingerprint density at radius 3 is 2.89 bits per heavy atom. The number of benzene rings is 1. The maximum absolute atomic E-state index is 11.4. The van der Waals surface area contributed by atoms with Gasteiger partial charge in [0.1, 0.15) is 0 Å². The first-order valence-electron chi connectivity index (χ1n) is 6.13. The summed E-state index contributed by atoms with van der Waals surface area (Å²) < 4.78 is 0. The molecule has 0 radical (unpaired) electrons. The summed E-state index contributed by atoms with van der Waals surface area (Å²) in [5.74, 6) is 0.752. The van der Waals surface area contributed by atoms with E-state index in [4.69, 9.17) is 0 Å². The van der Waals surface area contributed by atoms with Crippen molar-refractivity contribution in [3.05, 3.63) is 24.3 Å². The number of hydrogen-bond acceptors (Lipinski definition) is 3. The molecule has 1 heterocycles. The molecular weight excluding hydrogens is 228 g/mol. The zero-order chi connectivity index (χ0) is 13.0. The molecule has 0 spiro atoms. The second kappa shape index (κ2) is 5.53. The monoisotopic (exact) mass is 246 g/mol. The SMILES string of the molecule is CC(C)NC(=O)CCNc1nc2ccccc2[nH]1. The van der Waals surface area contributed by atoms with Crippen LogP contribution < -0.4 is 10.6 Å². The Morgan fingerprint density at radius 1 is 1.39 bits per heavy atom. The Morgan fingerprint density at radius 2 is 2.17 bits per heavy atom. The molecule has 2 rings (SSSR count). The molecular formula is C13H18N4O. The van der Waals surface area contributed by atoms with Gasteiger partial charge in [-0.05, 0) is 26.0 Å². The number of nitrogens with zero attached hydrogens (tertiary/aromatic N) is 1. The minimum absolute atomic E-state index is 0.0496. The van der Waals surface area contributed by atoms with Crippen LogP contribution in [0.15, 0.2) is 24.3 Å². The molecule has 0 unspecified atom stereocenters. The van der Waals surface area contributed by atoms with E-state index in [2.05, 4.69) is 20.6 Å². The van der Waals surface area contributed by atoms with Crippen LogP contribution in [0.3, 0.4) is 0 Å². The van der Waals surface area contributed by atoms with Crippen LogP contribution in [-0.4, -0.2) is 28.5 Å². The standard InChI is InChI=1S/C13H18N4O/c1-9(2)15-12(18)7-8-14-13-16-10-5-3-4-6-11(10)17-13/h3-6,9H,7-8H2,1-2H3,(H,15,18)(H2,14,16,17). The Kier molecular flexibility index (Phi) is 3.82. The van der Waals surface area contributed by atoms with Crippen molar-refractivity contribution in [3.8, 4) is 0 Å². The van der Waals surface area contributed by atoms with Crippen LogP contribution in [0.25, 0.3) is 11.0 Å². The number of amides is 1. The molecule has 1 aromatic heterocycles. The molecule has 0 saturated heterocycles. The van der Waals surface area contributed by atoms with Crippen molar-refractivity contribution in [2.24, 2.45) is 0 Å². The third-order valence-corrected chi connectivity index (χ3v) is 2.48. The normalized spacial score (nSPS) is 10.8. The summed E-state index contributed by atoms with van der Waals surface area (Å²) in [5.41, 5.74) is 1.92. The Balaban J connectivity index is 1.85. The predicted molar refractivity (Wildman–Crippen MR) is 72.5 cm³/mol. The van der Waals surface area contributed by atoms with Crippen LogP contribution in [0, 0.1) is 0 Å². The number of carbonyl (C=O) groups is 1. The van der Waals surface area contributed by atoms with Gasteiger partial charge in [0.2, 0.25) is 11.9 Å². The number of imidazole rings is 1. The minimum Gasteiger partial charge on any atom is -0.355 e. The predicted octanol–water partition coefficient (Wildman–Crippen LogP) is 1.89. The smallest absolute Gasteiger partial charge is 0.221 e. The van der Waals surface area contributed by atoms with Crippen LogP contribution in [0.5, 0.6) is 0 Å². The third kappa shape index (κ3) is 3.23. The van der Waals surface area contributed by atoms with Gasteiger partial charge in [-0.2, -0.15) is 0 Å². The number of aromatic amines is 1. The maximum Gasteiger partial charge on any atom is 0.221 e. The Labute approximate surface area is 106 Å². The van der Waals surface area contributed by atoms with Crippen molar-refractivity contribution in [1.29, 1.82) is 0 Å². The maximum atomic E-state index is 11.4. The van der Waals surface area contributed by atoms with Crippen LogP contribution in [0.1, 0.15) is 20.3 Å². The molecule has 0 fully saturated rings. The molecule has 0 saturated carbocycles. The van der Waals surface area contributed by atoms with E-state index in [1.807, 2.05) is 38.1 Å². The number of hydrogen-bond donors (Lipinski definition) is 3. The summed E-state index contributed by atoms with van der Waals surface area (Å²) in [6.45, 7) is 4.47. The van der Waals surface area contributed by atoms with Gasteiger partial charge in [-0.15, -0.1) is 0 Å². The number of H-pyrrole nitrogens is 1. The fraction of sp³-hybridized carbons (Fsp3) is 0.385. The van der Waals surface area contributed by atoms with Crippen LogP contribution >= 0.6 is 0 Å². The molecule has 5 heteroatoms. The average molecular weight is 246 g/mol. The van der Waals surface area contributed by atoms with Crippen molar-refractivity contribution in [2.75, 3.05) is 11.9 Å². The second-order valence-electron chi connectivity index (χ2n) is 4.50. The highest BCUT2D eigenvalue weighted by molar-refractivity contribution is 5.78. The molecule has 0 aliphatic rings. The minimum atomic E-state index is 0.0496. The van der Waals surface area contributed by atoms with E-state index in [0.717, 1.165) is 11.0 Å². The molecule has 2 aromatic rings. The topological polar surface area (TPSA) is 69.8 Å². The molecule has 0 bridgehead atoms. The summed E-state index contributed by atoms with van der Waals surface area (Å²) in [6, 6.07) is 8.01. The largest absolute Gasteiger partial charge is 0.355 e. The number of carbonyl (C=O) groups excluding carboxylic acids is 1. The van der Waals surface area contributed by atoms with E-state index in [1.54, 1.807) is 0 Å². The van der Waals surface area contributed by atoms with Crippen molar-refractivity contribution < 1.29 is 4.79 Å². The zero-order valence-corrected chi connectivity index (χ0v) is 10.7. The fourth-order valence-corrected chi connectivity index (χ4v) is 1.73. The number of anilines is 1. The lowest BCUT2D eigenvalue weighted by molar-refractivity contribution is -0.121. The molecule has 1 amide bonds. The van der Waals surface area contributed by atoms with E-state index in [1.165, 1.54) is 0 Å². The molecule has 18 heavy (non-hydrogen) atoms. The van der Waals surface area contributed by atoms with Crippen LogP contribution in [0.2, 0.25) is 0 Å². The highest BCUT2D eigenvalue weighted by atomic mass is 16.1. The number of nitrogens with one attached hydrogen (secondary N) is 3. The molecule has 96 valence electrons. The lowest BCUT2D eigenvalue weighted by Gasteiger charge is -2.08. The average Bonchev–Trinajstić information content (AvgIpc) is 2.70. The number of para-hydroxylation sites is 2. The molecule has 0 aliphatic heterocycles. The van der Waals surface area contributed by atoms with Crippen LogP contribution in [-0.2, 0) is 4.79 Å². The highest BCUT2D eigenvalue weighted by Gasteiger charge is 2.04. The summed E-state index contributed by atoms with van der Waals surface area (Å²) in [5, 5.41) is 5.96. The van der Waals surface area contributed by atoms with Gasteiger partial charge in [0.15, 0.2) is 0 Å². The Bertz CT molecular complexity index is 500. The number of fused-ring (bicyclic) bond motifs is 1. The van der Waals surface area contributed by atoms with Crippen molar-refractivity contribution in [1.82, 2.24) is 15.3 Å². The Hall–Kier alpha value is -2.04. The summed E-state index contributed by atoms with van der Waals surface area (Å²) in [6.07, 6.45) is 0.440. The third-order valence-electron chi connectivity index (χ3n) is 2.48. The molecule has 0 aliphatic carbocycles. The van der Waals surface area contributed by atoms with Gasteiger partial charge in [-0.3, -0.25) is 4.79 Å². The van der Waals surface area contributed by atoms with E-state index in [-0.39, 0.29) is 11.9 Å². The lowest BCUT2D eigenvalue weighted by Crippen LogP contribution is -2.31. The lowest BCUT2D eigenvalue weighted by atomic mass is 10.3. The van der Waals surface area contributed by atoms with Crippen molar-refractivity contribution in [2.45, 2.75) is 26.3 Å². The van der Waals surface area contributed by atoms with Crippen molar-refractivity contribution >= 4 is 22.9 Å². The van der Waals surface area contributed by atoms with Gasteiger partial charge in [-0.1, -0.05) is 12.1 Å². The van der Waals surface area contributed by atoms with E-state index in [9.17, 15) is 4.79 Å². The van der Waals surface area contributed by atoms with Crippen molar-refractivity contribution in [3.63, 3.8) is 0 Å². The van der Waals surface area contributed by atoms with E-state index < -0.39 is 0 Å². The summed E-state index contributed by atoms with van der Waals surface area (Å²) in [4.78, 5) is 19.0. The van der Waals surface area contributed by atoms with Gasteiger partial charge in [0.05, 0.1) is 11.0 Å². The molecule has 5 nitrogen and oxygen atoms in total. The van der Waals surface area contributed by atoms with Gasteiger partial charge < -0.3 is 15.6 Å². The first kappa shape index (κ1) is 12.4. The first-order valence-corrected chi connectivity index (χ1v) is 6.13. The van der Waals surface area contributed by atoms with Gasteiger partial charge in [0, 0.05) is 19.0 Å². The first-order chi connectivity index (χ1) is 8.65. The van der Waals surface area contributed by atoms with Gasteiger partial charge >= 0.3 is 0 Å². The summed E-state index contributed by atoms with van der Waals surface area (Å²) in [7, 11) is 0. The van der Waals surface area contributed by atoms with Crippen LogP contribution in [0.4, 0.5) is 5.95 Å². The number of aromatic nitrogens is 2.